The molecule has 220 valence electrons. The van der Waals surface area contributed by atoms with Crippen molar-refractivity contribution < 1.29 is 18.7 Å². The molecule has 0 aliphatic carbocycles. The van der Waals surface area contributed by atoms with Crippen LogP contribution in [0.4, 0.5) is 10.1 Å². The van der Waals surface area contributed by atoms with Gasteiger partial charge in [-0.25, -0.2) is 4.39 Å². The van der Waals surface area contributed by atoms with E-state index in [-0.39, 0.29) is 66.5 Å². The number of benzene rings is 1. The summed E-state index contributed by atoms with van der Waals surface area (Å²) in [6, 6.07) is 8.86. The van der Waals surface area contributed by atoms with Crippen molar-refractivity contribution >= 4 is 42.3 Å². The first-order chi connectivity index (χ1) is 18.2. The highest BCUT2D eigenvalue weighted by Crippen LogP contribution is 2.39. The van der Waals surface area contributed by atoms with Gasteiger partial charge in [0.2, 0.25) is 11.8 Å². The molecule has 1 aromatic carbocycles. The van der Waals surface area contributed by atoms with E-state index in [1.165, 1.54) is 12.1 Å². The predicted molar refractivity (Wildman–Crippen MR) is 158 cm³/mol. The van der Waals surface area contributed by atoms with Crippen LogP contribution in [-0.2, 0) is 26.2 Å². The summed E-state index contributed by atoms with van der Waals surface area (Å²) in [4.78, 5) is 37.2. The summed E-state index contributed by atoms with van der Waals surface area (Å²) in [7, 11) is 0. The molecule has 2 aromatic rings. The molecule has 8 nitrogen and oxygen atoms in total. The monoisotopic (exact) mass is 595 g/mol. The third-order valence-electron chi connectivity index (χ3n) is 7.85. The number of anilines is 1. The first-order valence-electron chi connectivity index (χ1n) is 13.6. The first kappa shape index (κ1) is 32.2. The van der Waals surface area contributed by atoms with E-state index in [1.54, 1.807) is 12.1 Å². The van der Waals surface area contributed by atoms with Crippen LogP contribution >= 0.6 is 24.8 Å². The number of pyridine rings is 1. The van der Waals surface area contributed by atoms with Crippen LogP contribution in [0.5, 0.6) is 0 Å². The van der Waals surface area contributed by atoms with Gasteiger partial charge in [0.15, 0.2) is 0 Å². The van der Waals surface area contributed by atoms with E-state index in [0.717, 1.165) is 35.6 Å². The van der Waals surface area contributed by atoms with Gasteiger partial charge in [-0.1, -0.05) is 26.0 Å². The normalized spacial score (nSPS) is 22.6. The van der Waals surface area contributed by atoms with Crippen molar-refractivity contribution in [3.8, 4) is 0 Å². The Kier molecular flexibility index (Phi) is 10.9. The van der Waals surface area contributed by atoms with E-state index in [1.807, 2.05) is 16.0 Å². The Bertz CT molecular complexity index is 1180. The molecule has 2 saturated heterocycles. The molecule has 3 aliphatic rings. The van der Waals surface area contributed by atoms with Gasteiger partial charge in [-0.05, 0) is 42.7 Å². The molecule has 0 spiro atoms. The van der Waals surface area contributed by atoms with E-state index >= 15 is 0 Å². The summed E-state index contributed by atoms with van der Waals surface area (Å²) in [6.07, 6.45) is 2.89. The Morgan fingerprint density at radius 1 is 1.18 bits per heavy atom. The fourth-order valence-corrected chi connectivity index (χ4v) is 5.77. The largest absolute Gasteiger partial charge is 0.379 e. The second-order valence-corrected chi connectivity index (χ2v) is 11.5. The molecule has 5 rings (SSSR count). The average Bonchev–Trinajstić information content (AvgIpc) is 3.00. The minimum Gasteiger partial charge on any atom is -0.379 e. The van der Waals surface area contributed by atoms with E-state index in [4.69, 9.17) is 9.72 Å². The lowest BCUT2D eigenvalue weighted by molar-refractivity contribution is -0.131. The zero-order chi connectivity index (χ0) is 26.9. The van der Waals surface area contributed by atoms with Crippen molar-refractivity contribution in [2.45, 2.75) is 51.1 Å². The van der Waals surface area contributed by atoms with Gasteiger partial charge in [-0.2, -0.15) is 0 Å². The quantitative estimate of drug-likeness (QED) is 0.552. The maximum atomic E-state index is 13.8. The molecule has 2 amide bonds. The van der Waals surface area contributed by atoms with Crippen LogP contribution in [-0.4, -0.2) is 91.2 Å². The van der Waals surface area contributed by atoms with E-state index in [2.05, 4.69) is 37.1 Å². The number of nitrogens with zero attached hydrogens (tertiary/aromatic N) is 4. The van der Waals surface area contributed by atoms with Crippen molar-refractivity contribution in [1.82, 2.24) is 20.1 Å². The lowest BCUT2D eigenvalue weighted by Crippen LogP contribution is -2.61. The summed E-state index contributed by atoms with van der Waals surface area (Å²) < 4.78 is 18.8. The number of hydrogen-bond acceptors (Lipinski definition) is 6. The Labute approximate surface area is 248 Å². The van der Waals surface area contributed by atoms with Crippen LogP contribution in [0.2, 0.25) is 0 Å². The van der Waals surface area contributed by atoms with Crippen molar-refractivity contribution in [1.29, 1.82) is 0 Å². The standard InChI is InChI=1S/C29H38FN5O3.2ClH/c1-20-16-34(24(15-31-20)17-33-9-11-38-10-8-26(33)36)18-27(37)35-19-29(2,3)28-25(35)13-22(14-32-28)12-21-4-6-23(30)7-5-21;;/h4-7,13-14,20,24,31H,8-12,15-19H2,1-3H3;2*1H/t20-,24-;;/m1../s1. The SMILES string of the molecule is C[C@@H]1CN(CC(=O)N2CC(C)(C)c3ncc(Cc4ccc(F)cc4)cc32)[C@@H](CN2CCOCCC2=O)CN1.Cl.Cl. The molecule has 4 heterocycles. The lowest BCUT2D eigenvalue weighted by Gasteiger charge is -2.41. The number of carbonyl (C=O) groups is 2. The van der Waals surface area contributed by atoms with Gasteiger partial charge in [0.25, 0.3) is 0 Å². The number of ether oxygens (including phenoxy) is 1. The number of amides is 2. The zero-order valence-electron chi connectivity index (χ0n) is 23.4. The molecule has 0 radical (unpaired) electrons. The van der Waals surface area contributed by atoms with Gasteiger partial charge in [0.05, 0.1) is 37.6 Å². The van der Waals surface area contributed by atoms with Crippen LogP contribution in [0, 0.1) is 5.82 Å². The molecular formula is C29H40Cl2FN5O3. The summed E-state index contributed by atoms with van der Waals surface area (Å²) in [5.41, 5.74) is 3.51. The Morgan fingerprint density at radius 3 is 2.67 bits per heavy atom. The van der Waals surface area contributed by atoms with Gasteiger partial charge in [0, 0.05) is 56.4 Å². The van der Waals surface area contributed by atoms with E-state index in [0.29, 0.717) is 45.7 Å². The van der Waals surface area contributed by atoms with E-state index in [9.17, 15) is 14.0 Å². The molecule has 0 bridgehead atoms. The maximum absolute atomic E-state index is 13.8. The van der Waals surface area contributed by atoms with Crippen LogP contribution in [0.25, 0.3) is 0 Å². The van der Waals surface area contributed by atoms with Crippen LogP contribution in [0.1, 0.15) is 44.0 Å². The number of rotatable bonds is 6. The second kappa shape index (κ2) is 13.6. The van der Waals surface area contributed by atoms with Gasteiger partial charge in [0.1, 0.15) is 5.82 Å². The first-order valence-corrected chi connectivity index (χ1v) is 13.6. The Balaban J connectivity index is 0.00000220. The summed E-state index contributed by atoms with van der Waals surface area (Å²) >= 11 is 0. The average molecular weight is 597 g/mol. The van der Waals surface area contributed by atoms with Crippen molar-refractivity contribution in [3.63, 3.8) is 0 Å². The number of fused-ring (bicyclic) bond motifs is 1. The van der Waals surface area contributed by atoms with Gasteiger partial charge in [-0.3, -0.25) is 19.5 Å². The Morgan fingerprint density at radius 2 is 1.93 bits per heavy atom. The van der Waals surface area contributed by atoms with Gasteiger partial charge in [-0.15, -0.1) is 24.8 Å². The number of carbonyl (C=O) groups excluding carboxylic acids is 2. The maximum Gasteiger partial charge on any atom is 0.241 e. The molecule has 11 heteroatoms. The summed E-state index contributed by atoms with van der Waals surface area (Å²) in [6.45, 7) is 10.9. The molecular weight excluding hydrogens is 556 g/mol. The third kappa shape index (κ3) is 7.31. The highest BCUT2D eigenvalue weighted by atomic mass is 35.5. The topological polar surface area (TPSA) is 78.0 Å². The molecule has 3 aliphatic heterocycles. The number of piperazine rings is 1. The van der Waals surface area contributed by atoms with Crippen LogP contribution < -0.4 is 10.2 Å². The summed E-state index contributed by atoms with van der Waals surface area (Å²) in [5, 5.41) is 3.52. The number of hydrogen-bond donors (Lipinski definition) is 1. The van der Waals surface area contributed by atoms with E-state index < -0.39 is 0 Å². The van der Waals surface area contributed by atoms with Crippen LogP contribution in [0.15, 0.2) is 36.5 Å². The highest BCUT2D eigenvalue weighted by molar-refractivity contribution is 5.97. The minimum atomic E-state index is -0.256. The highest BCUT2D eigenvalue weighted by Gasteiger charge is 2.41. The van der Waals surface area contributed by atoms with Gasteiger partial charge >= 0.3 is 0 Å². The third-order valence-corrected chi connectivity index (χ3v) is 7.85. The Hall–Kier alpha value is -2.30. The lowest BCUT2D eigenvalue weighted by atomic mass is 9.91. The van der Waals surface area contributed by atoms with Crippen molar-refractivity contribution in [3.05, 3.63) is 59.2 Å². The fraction of sp³-hybridized carbons (Fsp3) is 0.552. The number of aromatic nitrogens is 1. The van der Waals surface area contributed by atoms with Crippen molar-refractivity contribution in [2.75, 3.05) is 57.4 Å². The number of nitrogens with one attached hydrogen (secondary N) is 1. The summed E-state index contributed by atoms with van der Waals surface area (Å²) in [5.74, 6) is -0.0991. The zero-order valence-corrected chi connectivity index (χ0v) is 25.0. The smallest absolute Gasteiger partial charge is 0.241 e. The minimum absolute atomic E-state index is 0. The molecule has 40 heavy (non-hydrogen) atoms. The molecule has 0 unspecified atom stereocenters. The number of halogens is 3. The van der Waals surface area contributed by atoms with Crippen molar-refractivity contribution in [2.24, 2.45) is 0 Å². The molecule has 1 aromatic heterocycles. The predicted octanol–water partition coefficient (Wildman–Crippen LogP) is 3.19. The second-order valence-electron chi connectivity index (χ2n) is 11.5. The van der Waals surface area contributed by atoms with Crippen LogP contribution in [0.3, 0.4) is 0 Å². The molecule has 0 saturated carbocycles. The molecule has 2 atom stereocenters. The molecule has 2 fully saturated rings. The fourth-order valence-electron chi connectivity index (χ4n) is 5.77. The van der Waals surface area contributed by atoms with Gasteiger partial charge < -0.3 is 19.9 Å². The molecule has 1 N–H and O–H groups in total.